The molecule has 1 heterocycles. The third-order valence-corrected chi connectivity index (χ3v) is 7.42. The number of carbonyl (C=O) groups is 2. The largest absolute Gasteiger partial charge is 0.489 e. The van der Waals surface area contributed by atoms with Gasteiger partial charge in [0.05, 0.1) is 7.11 Å². The maximum atomic E-state index is 13.6. The van der Waals surface area contributed by atoms with Crippen molar-refractivity contribution in [2.75, 3.05) is 7.11 Å². The van der Waals surface area contributed by atoms with Crippen molar-refractivity contribution in [3.8, 4) is 5.75 Å². The van der Waals surface area contributed by atoms with Gasteiger partial charge < -0.3 is 9.47 Å². The van der Waals surface area contributed by atoms with Crippen molar-refractivity contribution >= 4 is 29.1 Å². The number of hydrogen-bond acceptors (Lipinski definition) is 5. The molecule has 0 N–H and O–H groups in total. The zero-order chi connectivity index (χ0) is 25.9. The van der Waals surface area contributed by atoms with Gasteiger partial charge in [-0.2, -0.15) is 0 Å². The summed E-state index contributed by atoms with van der Waals surface area (Å²) in [6, 6.07) is 25.2. The van der Waals surface area contributed by atoms with Crippen molar-refractivity contribution in [3.63, 3.8) is 0 Å². The van der Waals surface area contributed by atoms with Crippen molar-refractivity contribution in [2.45, 2.75) is 38.2 Å². The van der Waals surface area contributed by atoms with E-state index in [0.29, 0.717) is 35.8 Å². The predicted molar refractivity (Wildman–Crippen MR) is 144 cm³/mol. The van der Waals surface area contributed by atoms with E-state index in [9.17, 15) is 9.59 Å². The van der Waals surface area contributed by atoms with E-state index < -0.39 is 17.8 Å². The third-order valence-electron chi connectivity index (χ3n) is 7.17. The van der Waals surface area contributed by atoms with E-state index in [-0.39, 0.29) is 11.7 Å². The number of halogens is 1. The summed E-state index contributed by atoms with van der Waals surface area (Å²) in [5.41, 5.74) is 5.03. The number of ether oxygens (including phenoxy) is 2. The molecule has 0 aromatic heterocycles. The number of allylic oxidation sites excluding steroid dienone is 2. The normalized spacial score (nSPS) is 21.2. The molecule has 0 radical (unpaired) electrons. The van der Waals surface area contributed by atoms with Gasteiger partial charge in [0.25, 0.3) is 0 Å². The lowest BCUT2D eigenvalue weighted by molar-refractivity contribution is -0.143. The molecule has 3 atom stereocenters. The van der Waals surface area contributed by atoms with Crippen LogP contribution in [0.3, 0.4) is 0 Å². The first-order chi connectivity index (χ1) is 17.9. The summed E-state index contributed by atoms with van der Waals surface area (Å²) < 4.78 is 11.1. The molecule has 1 aliphatic carbocycles. The van der Waals surface area contributed by atoms with Crippen LogP contribution in [0.25, 0.3) is 0 Å². The highest BCUT2D eigenvalue weighted by Crippen LogP contribution is 2.47. The molecule has 5 nitrogen and oxygen atoms in total. The minimum atomic E-state index is -0.657. The number of nitrogens with zero attached hydrogens (tertiary/aromatic N) is 1. The zero-order valence-corrected chi connectivity index (χ0v) is 21.6. The maximum absolute atomic E-state index is 13.6. The van der Waals surface area contributed by atoms with Gasteiger partial charge in [0.1, 0.15) is 18.3 Å². The third kappa shape index (κ3) is 5.23. The average Bonchev–Trinajstić information content (AvgIpc) is 2.92. The fraction of sp³-hybridized carbons (Fsp3) is 0.258. The van der Waals surface area contributed by atoms with E-state index in [1.54, 1.807) is 0 Å². The number of benzene rings is 3. The van der Waals surface area contributed by atoms with Crippen LogP contribution in [0.2, 0.25) is 5.02 Å². The van der Waals surface area contributed by atoms with Crippen molar-refractivity contribution in [3.05, 3.63) is 112 Å². The molecule has 188 valence electrons. The van der Waals surface area contributed by atoms with Crippen molar-refractivity contribution in [1.29, 1.82) is 0 Å². The number of rotatable bonds is 6. The molecule has 1 unspecified atom stereocenters. The highest BCUT2D eigenvalue weighted by Gasteiger charge is 2.44. The maximum Gasteiger partial charge on any atom is 0.315 e. The van der Waals surface area contributed by atoms with Crippen LogP contribution in [-0.4, -0.2) is 24.6 Å². The van der Waals surface area contributed by atoms with Crippen LogP contribution in [0.5, 0.6) is 5.75 Å². The first-order valence-corrected chi connectivity index (χ1v) is 12.7. The number of esters is 1. The minimum absolute atomic E-state index is 0.0146. The van der Waals surface area contributed by atoms with Crippen LogP contribution in [0.15, 0.2) is 95.1 Å². The van der Waals surface area contributed by atoms with Crippen LogP contribution in [-0.2, 0) is 20.9 Å². The standard InChI is InChI=1S/C31H28ClNO4/c1-19-28(31(35)36-2)29(22-10-14-25(15-11-22)37-18-20-6-4-3-5-7-20)30-26(33-19)16-23(17-27(30)34)21-8-12-24(32)13-9-21/h3-15,23,28-29H,16-18H2,1-2H3/t23-,28?,29-/m0/s1. The highest BCUT2D eigenvalue weighted by molar-refractivity contribution is 6.30. The van der Waals surface area contributed by atoms with Crippen LogP contribution in [0, 0.1) is 5.92 Å². The van der Waals surface area contributed by atoms with Crippen molar-refractivity contribution in [2.24, 2.45) is 10.9 Å². The van der Waals surface area contributed by atoms with Gasteiger partial charge in [-0.3, -0.25) is 14.6 Å². The summed E-state index contributed by atoms with van der Waals surface area (Å²) >= 11 is 6.07. The SMILES string of the molecule is COC(=O)C1C(C)=NC2=C(C(=O)C[C@@H](c3ccc(Cl)cc3)C2)[C@H]1c1ccc(OCc2ccccc2)cc1. The molecule has 0 bridgehead atoms. The van der Waals surface area contributed by atoms with E-state index in [1.807, 2.05) is 85.8 Å². The summed E-state index contributed by atoms with van der Waals surface area (Å²) in [4.78, 5) is 31.3. The molecule has 0 fully saturated rings. The first kappa shape index (κ1) is 25.0. The lowest BCUT2D eigenvalue weighted by Gasteiger charge is -2.36. The Kier molecular flexibility index (Phi) is 7.24. The van der Waals surface area contributed by atoms with Crippen LogP contribution in [0.1, 0.15) is 48.3 Å². The van der Waals surface area contributed by atoms with Gasteiger partial charge in [0.2, 0.25) is 0 Å². The summed E-state index contributed by atoms with van der Waals surface area (Å²) in [7, 11) is 1.37. The monoisotopic (exact) mass is 513 g/mol. The zero-order valence-electron chi connectivity index (χ0n) is 20.8. The van der Waals surface area contributed by atoms with Gasteiger partial charge in [-0.25, -0.2) is 0 Å². The predicted octanol–water partition coefficient (Wildman–Crippen LogP) is 6.67. The van der Waals surface area contributed by atoms with Crippen molar-refractivity contribution < 1.29 is 19.1 Å². The molecule has 3 aromatic carbocycles. The molecule has 0 saturated carbocycles. The Bertz CT molecular complexity index is 1360. The van der Waals surface area contributed by atoms with Gasteiger partial charge in [-0.15, -0.1) is 0 Å². The molecular weight excluding hydrogens is 486 g/mol. The number of hydrogen-bond donors (Lipinski definition) is 0. The second-order valence-corrected chi connectivity index (χ2v) is 9.95. The van der Waals surface area contributed by atoms with Crippen molar-refractivity contribution in [1.82, 2.24) is 0 Å². The molecule has 3 aromatic rings. The van der Waals surface area contributed by atoms with Gasteiger partial charge in [-0.1, -0.05) is 66.2 Å². The fourth-order valence-electron chi connectivity index (χ4n) is 5.33. The summed E-state index contributed by atoms with van der Waals surface area (Å²) in [5, 5.41) is 0.662. The Morgan fingerprint density at radius 2 is 1.62 bits per heavy atom. The molecule has 6 heteroatoms. The van der Waals surface area contributed by atoms with Crippen LogP contribution >= 0.6 is 11.6 Å². The Morgan fingerprint density at radius 1 is 0.946 bits per heavy atom. The van der Waals surface area contributed by atoms with Gasteiger partial charge in [-0.05, 0) is 60.2 Å². The highest BCUT2D eigenvalue weighted by atomic mass is 35.5. The van der Waals surface area contributed by atoms with Gasteiger partial charge in [0.15, 0.2) is 5.78 Å². The molecule has 5 rings (SSSR count). The van der Waals surface area contributed by atoms with Crippen LogP contribution < -0.4 is 4.74 Å². The Hall–Kier alpha value is -3.70. The summed E-state index contributed by atoms with van der Waals surface area (Å²) in [5.74, 6) is -0.757. The second-order valence-electron chi connectivity index (χ2n) is 9.52. The smallest absolute Gasteiger partial charge is 0.315 e. The number of aliphatic imine (C=N–C) groups is 1. The van der Waals surface area contributed by atoms with Gasteiger partial charge >= 0.3 is 5.97 Å². The number of ketones is 1. The quantitative estimate of drug-likeness (QED) is 0.345. The topological polar surface area (TPSA) is 65.0 Å². The number of Topliss-reactive ketones (excluding diaryl/α,β-unsaturated/α-hetero) is 1. The molecular formula is C31H28ClNO4. The first-order valence-electron chi connectivity index (χ1n) is 12.4. The van der Waals surface area contributed by atoms with E-state index in [0.717, 1.165) is 28.1 Å². The Morgan fingerprint density at radius 3 is 2.30 bits per heavy atom. The number of carbonyl (C=O) groups excluding carboxylic acids is 2. The minimum Gasteiger partial charge on any atom is -0.489 e. The molecule has 0 spiro atoms. The molecule has 2 aliphatic rings. The molecule has 37 heavy (non-hydrogen) atoms. The Balaban J connectivity index is 1.46. The molecule has 0 saturated heterocycles. The van der Waals surface area contributed by atoms with E-state index in [4.69, 9.17) is 26.1 Å². The van der Waals surface area contributed by atoms with E-state index in [1.165, 1.54) is 7.11 Å². The lowest BCUT2D eigenvalue weighted by atomic mass is 9.69. The van der Waals surface area contributed by atoms with E-state index in [2.05, 4.69) is 0 Å². The number of methoxy groups -OCH3 is 1. The summed E-state index contributed by atoms with van der Waals surface area (Å²) in [6.07, 6.45) is 0.987. The van der Waals surface area contributed by atoms with E-state index >= 15 is 0 Å². The summed E-state index contributed by atoms with van der Waals surface area (Å²) in [6.45, 7) is 2.30. The second kappa shape index (κ2) is 10.7. The lowest BCUT2D eigenvalue weighted by Crippen LogP contribution is -2.37. The molecule has 1 aliphatic heterocycles. The van der Waals surface area contributed by atoms with Gasteiger partial charge in [0, 0.05) is 34.3 Å². The Labute approximate surface area is 221 Å². The molecule has 0 amide bonds. The average molecular weight is 514 g/mol. The van der Waals surface area contributed by atoms with Crippen LogP contribution in [0.4, 0.5) is 0 Å². The fourth-order valence-corrected chi connectivity index (χ4v) is 5.46.